The van der Waals surface area contributed by atoms with Crippen molar-refractivity contribution in [2.75, 3.05) is 6.54 Å². The van der Waals surface area contributed by atoms with E-state index in [2.05, 4.69) is 15.2 Å². The molecule has 1 aliphatic heterocycles. The van der Waals surface area contributed by atoms with Gasteiger partial charge in [-0.15, -0.1) is 0 Å². The van der Waals surface area contributed by atoms with E-state index in [0.717, 1.165) is 17.0 Å². The Balaban J connectivity index is 0.000000331. The Labute approximate surface area is 241 Å². The Morgan fingerprint density at radius 1 is 1.07 bits per heavy atom. The van der Waals surface area contributed by atoms with Crippen LogP contribution in [-0.4, -0.2) is 81.0 Å². The fraction of sp³-hybridized carbons (Fsp3) is 0.500. The van der Waals surface area contributed by atoms with Crippen LogP contribution < -0.4 is 0 Å². The van der Waals surface area contributed by atoms with E-state index < -0.39 is 54.3 Å². The van der Waals surface area contributed by atoms with Gasteiger partial charge in [0.2, 0.25) is 0 Å². The summed E-state index contributed by atoms with van der Waals surface area (Å²) in [6, 6.07) is 3.73. The molecular weight excluding hydrogens is 583 g/mol. The van der Waals surface area contributed by atoms with E-state index in [0.29, 0.717) is 36.5 Å². The third-order valence-corrected chi connectivity index (χ3v) is 6.61. The monoisotopic (exact) mass is 613 g/mol. The first-order valence-corrected chi connectivity index (χ1v) is 13.1. The van der Waals surface area contributed by atoms with Gasteiger partial charge in [-0.2, -0.15) is 18.3 Å². The number of likely N-dealkylation sites (tertiary alicyclic amines) is 1. The maximum absolute atomic E-state index is 13.5. The van der Waals surface area contributed by atoms with Crippen LogP contribution in [-0.2, 0) is 27.0 Å². The lowest BCUT2D eigenvalue weighted by atomic mass is 9.96. The SMILES string of the molecule is CCc1cc(C(F)(F)F)n2nc(C3CCCN3C(=O)c3cc(C(C)C)on3)cc2n1.O=C(O)CC(O)(CC(=O)O)C(=O)O. The number of hydrogen-bond donors (Lipinski definition) is 4. The number of hydrogen-bond acceptors (Lipinski definition) is 9. The molecule has 0 aromatic carbocycles. The third-order valence-electron chi connectivity index (χ3n) is 6.61. The minimum Gasteiger partial charge on any atom is -0.481 e. The predicted octanol–water partition coefficient (Wildman–Crippen LogP) is 3.15. The van der Waals surface area contributed by atoms with Crippen LogP contribution in [0.25, 0.3) is 5.65 Å². The molecule has 0 saturated carbocycles. The standard InChI is InChI=1S/C20H22F3N5O2.C6H8O7/c1-4-12-8-17(20(21,22)23)28-18(24-12)10-13(25-28)15-6-5-7-27(15)19(29)14-9-16(11(2)3)30-26-14;7-3(8)1-6(13,5(11)12)2-4(9)10/h8-11,15H,4-7H2,1-3H3;13H,1-2H2,(H,7,8)(H,9,10)(H,11,12). The van der Waals surface area contributed by atoms with Crippen molar-refractivity contribution in [1.29, 1.82) is 0 Å². The van der Waals surface area contributed by atoms with Gasteiger partial charge in [0.25, 0.3) is 5.91 Å². The van der Waals surface area contributed by atoms with E-state index in [1.807, 2.05) is 13.8 Å². The Bertz CT molecular complexity index is 1500. The molecule has 3 aromatic rings. The number of aliphatic carboxylic acids is 3. The Hall–Kier alpha value is -4.54. The molecule has 4 heterocycles. The highest BCUT2D eigenvalue weighted by Gasteiger charge is 2.41. The molecule has 43 heavy (non-hydrogen) atoms. The van der Waals surface area contributed by atoms with E-state index >= 15 is 0 Å². The average Bonchev–Trinajstić information content (AvgIpc) is 3.65. The van der Waals surface area contributed by atoms with Crippen molar-refractivity contribution in [3.05, 3.63) is 46.7 Å². The average molecular weight is 614 g/mol. The molecular formula is C26H30F3N5O9. The van der Waals surface area contributed by atoms with Crippen molar-refractivity contribution in [2.24, 2.45) is 0 Å². The summed E-state index contributed by atoms with van der Waals surface area (Å²) < 4.78 is 46.7. The van der Waals surface area contributed by atoms with Crippen LogP contribution in [0.2, 0.25) is 0 Å². The maximum atomic E-state index is 13.5. The fourth-order valence-electron chi connectivity index (χ4n) is 4.43. The van der Waals surface area contributed by atoms with Gasteiger partial charge in [0.1, 0.15) is 11.5 Å². The molecule has 4 N–H and O–H groups in total. The lowest BCUT2D eigenvalue weighted by Crippen LogP contribution is -2.42. The number of aromatic nitrogens is 4. The second kappa shape index (κ2) is 12.8. The van der Waals surface area contributed by atoms with E-state index in [4.69, 9.17) is 24.9 Å². The van der Waals surface area contributed by atoms with E-state index in [9.17, 15) is 32.3 Å². The summed E-state index contributed by atoms with van der Waals surface area (Å²) in [5.41, 5.74) is -2.57. The highest BCUT2D eigenvalue weighted by atomic mass is 19.4. The number of nitrogens with zero attached hydrogens (tertiary/aromatic N) is 5. The lowest BCUT2D eigenvalue weighted by Gasteiger charge is -2.22. The first-order valence-electron chi connectivity index (χ1n) is 13.1. The lowest BCUT2D eigenvalue weighted by molar-refractivity contribution is -0.170. The number of carboxylic acid groups (broad SMARTS) is 3. The van der Waals surface area contributed by atoms with E-state index in [-0.39, 0.29) is 23.2 Å². The van der Waals surface area contributed by atoms with E-state index in [1.54, 1.807) is 17.9 Å². The summed E-state index contributed by atoms with van der Waals surface area (Å²) in [7, 11) is 0. The summed E-state index contributed by atoms with van der Waals surface area (Å²) in [5.74, 6) is -4.64. The Morgan fingerprint density at radius 2 is 1.70 bits per heavy atom. The van der Waals surface area contributed by atoms with E-state index in [1.165, 1.54) is 6.07 Å². The van der Waals surface area contributed by atoms with Gasteiger partial charge in [-0.1, -0.05) is 25.9 Å². The number of carbonyl (C=O) groups excluding carboxylic acids is 1. The molecule has 0 bridgehead atoms. The van der Waals surface area contributed by atoms with Gasteiger partial charge >= 0.3 is 24.1 Å². The summed E-state index contributed by atoms with van der Waals surface area (Å²) in [6.07, 6.45) is -5.15. The molecule has 1 atom stereocenters. The number of carbonyl (C=O) groups is 4. The highest BCUT2D eigenvalue weighted by Crippen LogP contribution is 2.35. The summed E-state index contributed by atoms with van der Waals surface area (Å²) >= 11 is 0. The smallest absolute Gasteiger partial charge is 0.433 e. The first kappa shape index (κ1) is 33.0. The van der Waals surface area contributed by atoms with Crippen molar-refractivity contribution in [2.45, 2.75) is 76.6 Å². The van der Waals surface area contributed by atoms with Crippen LogP contribution >= 0.6 is 0 Å². The molecule has 1 fully saturated rings. The van der Waals surface area contributed by atoms with Crippen LogP contribution in [0.3, 0.4) is 0 Å². The molecule has 1 unspecified atom stereocenters. The van der Waals surface area contributed by atoms with Crippen LogP contribution in [0.15, 0.2) is 22.7 Å². The zero-order valence-corrected chi connectivity index (χ0v) is 23.3. The van der Waals surface area contributed by atoms with Gasteiger partial charge < -0.3 is 29.8 Å². The molecule has 14 nitrogen and oxygen atoms in total. The number of halogens is 3. The number of fused-ring (bicyclic) bond motifs is 1. The third kappa shape index (κ3) is 7.65. The number of alkyl halides is 3. The van der Waals surface area contributed by atoms with Crippen molar-refractivity contribution in [3.63, 3.8) is 0 Å². The molecule has 234 valence electrons. The zero-order valence-electron chi connectivity index (χ0n) is 23.3. The molecule has 1 amide bonds. The van der Waals surface area contributed by atoms with Crippen LogP contribution in [0.4, 0.5) is 13.2 Å². The van der Waals surface area contributed by atoms with Crippen LogP contribution in [0, 0.1) is 0 Å². The van der Waals surface area contributed by atoms with Gasteiger partial charge in [0, 0.05) is 30.3 Å². The molecule has 0 aliphatic carbocycles. The largest absolute Gasteiger partial charge is 0.481 e. The van der Waals surface area contributed by atoms with Crippen molar-refractivity contribution in [1.82, 2.24) is 24.7 Å². The normalized spacial score (nSPS) is 15.4. The molecule has 17 heteroatoms. The van der Waals surface area contributed by atoms with Crippen LogP contribution in [0.1, 0.15) is 91.7 Å². The van der Waals surface area contributed by atoms with Gasteiger partial charge in [-0.05, 0) is 25.3 Å². The van der Waals surface area contributed by atoms with Crippen molar-refractivity contribution >= 4 is 29.5 Å². The fourth-order valence-corrected chi connectivity index (χ4v) is 4.43. The van der Waals surface area contributed by atoms with Crippen LogP contribution in [0.5, 0.6) is 0 Å². The van der Waals surface area contributed by atoms with Crippen molar-refractivity contribution < 1.29 is 57.3 Å². The van der Waals surface area contributed by atoms with Gasteiger partial charge in [-0.25, -0.2) is 14.3 Å². The molecule has 4 rings (SSSR count). The van der Waals surface area contributed by atoms with Gasteiger partial charge in [-0.3, -0.25) is 14.4 Å². The number of rotatable bonds is 9. The summed E-state index contributed by atoms with van der Waals surface area (Å²) in [4.78, 5) is 49.3. The second-order valence-electron chi connectivity index (χ2n) is 10.2. The zero-order chi connectivity index (χ0) is 32.3. The molecule has 1 saturated heterocycles. The van der Waals surface area contributed by atoms with Gasteiger partial charge in [0.05, 0.1) is 24.6 Å². The van der Waals surface area contributed by atoms with Crippen molar-refractivity contribution in [3.8, 4) is 0 Å². The maximum Gasteiger partial charge on any atom is 0.433 e. The molecule has 3 aromatic heterocycles. The molecule has 0 spiro atoms. The second-order valence-corrected chi connectivity index (χ2v) is 10.2. The molecule has 0 radical (unpaired) electrons. The summed E-state index contributed by atoms with van der Waals surface area (Å²) in [5, 5.41) is 41.9. The van der Waals surface area contributed by atoms with Gasteiger partial charge in [0.15, 0.2) is 16.9 Å². The summed E-state index contributed by atoms with van der Waals surface area (Å²) in [6.45, 7) is 6.08. The topological polar surface area (TPSA) is 209 Å². The Morgan fingerprint density at radius 3 is 2.19 bits per heavy atom. The predicted molar refractivity (Wildman–Crippen MR) is 138 cm³/mol. The first-order chi connectivity index (χ1) is 20.0. The molecule has 1 aliphatic rings. The Kier molecular flexibility index (Phi) is 9.79. The quantitative estimate of drug-likeness (QED) is 0.274. The number of amides is 1. The number of aliphatic hydroxyl groups is 1. The number of aryl methyl sites for hydroxylation is 1. The minimum absolute atomic E-state index is 0.0893. The minimum atomic E-state index is -4.56. The highest BCUT2D eigenvalue weighted by molar-refractivity contribution is 5.92. The number of carboxylic acids is 3.